The van der Waals surface area contributed by atoms with Gasteiger partial charge in [0.2, 0.25) is 5.91 Å². The molecule has 66 valence electrons. The van der Waals surface area contributed by atoms with Crippen molar-refractivity contribution in [2.75, 3.05) is 0 Å². The van der Waals surface area contributed by atoms with E-state index < -0.39 is 18.1 Å². The smallest absolute Gasteiger partial charge is 0.237 e. The highest BCUT2D eigenvalue weighted by Gasteiger charge is 2.21. The zero-order chi connectivity index (χ0) is 9.14. The Hall–Kier alpha value is -0.910. The molecule has 2 unspecified atom stereocenters. The SMILES string of the molecule is NC(=O)C(N)C(O)c1ccsc1. The molecule has 0 aromatic carbocycles. The molecule has 0 spiro atoms. The summed E-state index contributed by atoms with van der Waals surface area (Å²) >= 11 is 1.43. The zero-order valence-corrected chi connectivity index (χ0v) is 7.12. The number of carbonyl (C=O) groups is 1. The van der Waals surface area contributed by atoms with Crippen LogP contribution in [0.5, 0.6) is 0 Å². The van der Waals surface area contributed by atoms with E-state index in [1.807, 2.05) is 0 Å². The van der Waals surface area contributed by atoms with E-state index >= 15 is 0 Å². The van der Waals surface area contributed by atoms with Crippen LogP contribution in [0.25, 0.3) is 0 Å². The second-order valence-corrected chi connectivity index (χ2v) is 3.21. The van der Waals surface area contributed by atoms with Gasteiger partial charge in [0.1, 0.15) is 12.1 Å². The van der Waals surface area contributed by atoms with E-state index in [1.54, 1.807) is 16.8 Å². The van der Waals surface area contributed by atoms with Crippen molar-refractivity contribution in [2.24, 2.45) is 11.5 Å². The lowest BCUT2D eigenvalue weighted by Crippen LogP contribution is -2.41. The summed E-state index contributed by atoms with van der Waals surface area (Å²) in [6.07, 6.45) is -0.992. The van der Waals surface area contributed by atoms with Crippen LogP contribution in [-0.2, 0) is 4.79 Å². The third kappa shape index (κ3) is 1.82. The van der Waals surface area contributed by atoms with E-state index in [9.17, 15) is 9.90 Å². The molecule has 5 heteroatoms. The summed E-state index contributed by atoms with van der Waals surface area (Å²) < 4.78 is 0. The molecule has 0 fully saturated rings. The summed E-state index contributed by atoms with van der Waals surface area (Å²) in [5, 5.41) is 13.0. The first kappa shape index (κ1) is 9.18. The number of thiophene rings is 1. The molecule has 1 aromatic heterocycles. The van der Waals surface area contributed by atoms with Gasteiger partial charge in [-0.1, -0.05) is 0 Å². The van der Waals surface area contributed by atoms with Crippen molar-refractivity contribution < 1.29 is 9.90 Å². The van der Waals surface area contributed by atoms with Crippen LogP contribution < -0.4 is 11.5 Å². The fraction of sp³-hybridized carbons (Fsp3) is 0.286. The number of carbonyl (C=O) groups excluding carboxylic acids is 1. The number of nitrogens with two attached hydrogens (primary N) is 2. The Morgan fingerprint density at radius 1 is 1.67 bits per heavy atom. The van der Waals surface area contributed by atoms with Crippen LogP contribution in [0.4, 0.5) is 0 Å². The predicted octanol–water partition coefficient (Wildman–Crippen LogP) is -0.406. The molecule has 0 aliphatic carbocycles. The highest BCUT2D eigenvalue weighted by Crippen LogP contribution is 2.17. The van der Waals surface area contributed by atoms with Crippen LogP contribution in [0, 0.1) is 0 Å². The molecule has 4 nitrogen and oxygen atoms in total. The molecule has 0 saturated heterocycles. The van der Waals surface area contributed by atoms with Crippen LogP contribution in [0.2, 0.25) is 0 Å². The van der Waals surface area contributed by atoms with Gasteiger partial charge in [0, 0.05) is 0 Å². The first-order valence-electron chi connectivity index (χ1n) is 3.38. The van der Waals surface area contributed by atoms with Crippen LogP contribution >= 0.6 is 11.3 Å². The number of primary amides is 1. The van der Waals surface area contributed by atoms with Gasteiger partial charge in [-0.05, 0) is 22.4 Å². The molecule has 0 bridgehead atoms. The second-order valence-electron chi connectivity index (χ2n) is 2.43. The van der Waals surface area contributed by atoms with Crippen molar-refractivity contribution in [3.63, 3.8) is 0 Å². The number of aliphatic hydroxyl groups excluding tert-OH is 1. The third-order valence-corrected chi connectivity index (χ3v) is 2.25. The molecule has 5 N–H and O–H groups in total. The Kier molecular flexibility index (Phi) is 2.80. The van der Waals surface area contributed by atoms with E-state index in [0.29, 0.717) is 5.56 Å². The lowest BCUT2D eigenvalue weighted by Gasteiger charge is -2.13. The molecule has 0 radical (unpaired) electrons. The van der Waals surface area contributed by atoms with Gasteiger partial charge in [-0.2, -0.15) is 11.3 Å². The van der Waals surface area contributed by atoms with Gasteiger partial charge >= 0.3 is 0 Å². The number of amides is 1. The molecule has 12 heavy (non-hydrogen) atoms. The minimum Gasteiger partial charge on any atom is -0.386 e. The summed E-state index contributed by atoms with van der Waals surface area (Å²) in [5.41, 5.74) is 10.9. The van der Waals surface area contributed by atoms with Gasteiger partial charge in [0.25, 0.3) is 0 Å². The van der Waals surface area contributed by atoms with Gasteiger partial charge in [0.15, 0.2) is 0 Å². The maximum Gasteiger partial charge on any atom is 0.237 e. The van der Waals surface area contributed by atoms with Crippen molar-refractivity contribution >= 4 is 17.2 Å². The predicted molar refractivity (Wildman–Crippen MR) is 46.4 cm³/mol. The molecule has 1 aromatic rings. The summed E-state index contributed by atoms with van der Waals surface area (Å²) in [6.45, 7) is 0. The number of hydrogen-bond acceptors (Lipinski definition) is 4. The Bertz CT molecular complexity index is 260. The molecule has 0 aliphatic rings. The maximum atomic E-state index is 10.6. The first-order valence-corrected chi connectivity index (χ1v) is 4.32. The lowest BCUT2D eigenvalue weighted by molar-refractivity contribution is -0.121. The number of aliphatic hydroxyl groups is 1. The van der Waals surface area contributed by atoms with Crippen molar-refractivity contribution in [3.05, 3.63) is 22.4 Å². The topological polar surface area (TPSA) is 89.3 Å². The van der Waals surface area contributed by atoms with E-state index in [2.05, 4.69) is 0 Å². The van der Waals surface area contributed by atoms with Crippen molar-refractivity contribution in [1.29, 1.82) is 0 Å². The average molecular weight is 186 g/mol. The minimum atomic E-state index is -1.03. The molecule has 0 aliphatic heterocycles. The Morgan fingerprint density at radius 3 is 2.75 bits per heavy atom. The third-order valence-electron chi connectivity index (χ3n) is 1.55. The Morgan fingerprint density at radius 2 is 2.33 bits per heavy atom. The summed E-state index contributed by atoms with van der Waals surface area (Å²) in [5.74, 6) is -0.700. The number of hydrogen-bond donors (Lipinski definition) is 3. The lowest BCUT2D eigenvalue weighted by atomic mass is 10.1. The quantitative estimate of drug-likeness (QED) is 0.599. The zero-order valence-electron chi connectivity index (χ0n) is 6.31. The van der Waals surface area contributed by atoms with Gasteiger partial charge in [-0.25, -0.2) is 0 Å². The van der Waals surface area contributed by atoms with Gasteiger partial charge < -0.3 is 16.6 Å². The molecule has 1 amide bonds. The molecule has 1 heterocycles. The molecular weight excluding hydrogens is 176 g/mol. The largest absolute Gasteiger partial charge is 0.386 e. The highest BCUT2D eigenvalue weighted by molar-refractivity contribution is 7.07. The van der Waals surface area contributed by atoms with Crippen molar-refractivity contribution in [2.45, 2.75) is 12.1 Å². The highest BCUT2D eigenvalue weighted by atomic mass is 32.1. The van der Waals surface area contributed by atoms with E-state index in [1.165, 1.54) is 11.3 Å². The monoisotopic (exact) mass is 186 g/mol. The van der Waals surface area contributed by atoms with Crippen LogP contribution in [0.1, 0.15) is 11.7 Å². The van der Waals surface area contributed by atoms with Crippen molar-refractivity contribution in [3.8, 4) is 0 Å². The fourth-order valence-electron chi connectivity index (χ4n) is 0.806. The average Bonchev–Trinajstić information content (AvgIpc) is 2.53. The maximum absolute atomic E-state index is 10.6. The standard InChI is InChI=1S/C7H10N2O2S/c8-5(7(9)11)6(10)4-1-2-12-3-4/h1-3,5-6,10H,8H2,(H2,9,11). The molecule has 0 saturated carbocycles. The second kappa shape index (κ2) is 3.66. The molecular formula is C7H10N2O2S. The fourth-order valence-corrected chi connectivity index (χ4v) is 1.50. The van der Waals surface area contributed by atoms with Gasteiger partial charge in [0.05, 0.1) is 0 Å². The van der Waals surface area contributed by atoms with Crippen LogP contribution in [-0.4, -0.2) is 17.1 Å². The molecule has 1 rings (SSSR count). The summed E-state index contributed by atoms with van der Waals surface area (Å²) in [4.78, 5) is 10.6. The Balaban J connectivity index is 2.71. The van der Waals surface area contributed by atoms with Crippen LogP contribution in [0.3, 0.4) is 0 Å². The first-order chi connectivity index (χ1) is 5.63. The van der Waals surface area contributed by atoms with E-state index in [-0.39, 0.29) is 0 Å². The van der Waals surface area contributed by atoms with Gasteiger partial charge in [-0.15, -0.1) is 0 Å². The number of rotatable bonds is 3. The summed E-state index contributed by atoms with van der Waals surface area (Å²) in [6, 6.07) is 0.678. The summed E-state index contributed by atoms with van der Waals surface area (Å²) in [7, 11) is 0. The normalized spacial score (nSPS) is 15.5. The Labute approximate surface area is 73.8 Å². The van der Waals surface area contributed by atoms with Crippen LogP contribution in [0.15, 0.2) is 16.8 Å². The minimum absolute atomic E-state index is 0.631. The molecule has 2 atom stereocenters. The van der Waals surface area contributed by atoms with Gasteiger partial charge in [-0.3, -0.25) is 4.79 Å². The van der Waals surface area contributed by atoms with E-state index in [4.69, 9.17) is 11.5 Å². The van der Waals surface area contributed by atoms with E-state index in [0.717, 1.165) is 0 Å². The van der Waals surface area contributed by atoms with Crippen molar-refractivity contribution in [1.82, 2.24) is 0 Å².